The maximum Gasteiger partial charge on any atom is 0.103 e. The lowest BCUT2D eigenvalue weighted by atomic mass is 10.0. The Morgan fingerprint density at radius 1 is 1.47 bits per heavy atom. The predicted molar refractivity (Wildman–Crippen MR) is 73.2 cm³/mol. The molecule has 1 aromatic heterocycles. The first-order valence-corrected chi connectivity index (χ1v) is 6.62. The second-order valence-corrected chi connectivity index (χ2v) is 4.76. The standard InChI is InChI=1S/C15H25NO/c1-4-11-16-14(8-7-13(2)3)9-10-15-6-5-12-17-15/h5-6,12,14,16H,2,4,7-11H2,1,3H3. The summed E-state index contributed by atoms with van der Waals surface area (Å²) in [6.07, 6.45) is 7.38. The molecule has 0 saturated heterocycles. The van der Waals surface area contributed by atoms with Crippen molar-refractivity contribution in [3.05, 3.63) is 36.3 Å². The van der Waals surface area contributed by atoms with Crippen molar-refractivity contribution < 1.29 is 4.42 Å². The second kappa shape index (κ2) is 8.13. The van der Waals surface area contributed by atoms with Gasteiger partial charge in [0.2, 0.25) is 0 Å². The Labute approximate surface area is 105 Å². The number of rotatable bonds is 9. The molecule has 0 fully saturated rings. The minimum atomic E-state index is 0.580. The summed E-state index contributed by atoms with van der Waals surface area (Å²) in [4.78, 5) is 0. The molecule has 0 aliphatic heterocycles. The monoisotopic (exact) mass is 235 g/mol. The molecule has 0 aliphatic carbocycles. The van der Waals surface area contributed by atoms with Crippen molar-refractivity contribution in [2.75, 3.05) is 6.54 Å². The lowest BCUT2D eigenvalue weighted by Crippen LogP contribution is -2.30. The highest BCUT2D eigenvalue weighted by molar-refractivity contribution is 4.99. The van der Waals surface area contributed by atoms with Crippen molar-refractivity contribution in [1.29, 1.82) is 0 Å². The summed E-state index contributed by atoms with van der Waals surface area (Å²) in [5.74, 6) is 1.09. The van der Waals surface area contributed by atoms with E-state index in [2.05, 4.69) is 31.8 Å². The highest BCUT2D eigenvalue weighted by Gasteiger charge is 2.08. The normalized spacial score (nSPS) is 12.6. The van der Waals surface area contributed by atoms with E-state index in [1.165, 1.54) is 18.4 Å². The van der Waals surface area contributed by atoms with Gasteiger partial charge in [-0.3, -0.25) is 0 Å². The number of hydrogen-bond acceptors (Lipinski definition) is 2. The molecule has 1 heterocycles. The summed E-state index contributed by atoms with van der Waals surface area (Å²) < 4.78 is 5.37. The number of allylic oxidation sites excluding steroid dienone is 1. The molecule has 96 valence electrons. The van der Waals surface area contributed by atoms with Gasteiger partial charge < -0.3 is 9.73 Å². The van der Waals surface area contributed by atoms with Crippen LogP contribution >= 0.6 is 0 Å². The van der Waals surface area contributed by atoms with Crippen LogP contribution in [0.15, 0.2) is 35.0 Å². The maximum atomic E-state index is 5.37. The van der Waals surface area contributed by atoms with Gasteiger partial charge in [-0.05, 0) is 51.3 Å². The molecule has 0 amide bonds. The lowest BCUT2D eigenvalue weighted by Gasteiger charge is -2.18. The van der Waals surface area contributed by atoms with E-state index in [1.54, 1.807) is 6.26 Å². The highest BCUT2D eigenvalue weighted by Crippen LogP contribution is 2.12. The van der Waals surface area contributed by atoms with Crippen molar-refractivity contribution in [3.63, 3.8) is 0 Å². The van der Waals surface area contributed by atoms with Crippen molar-refractivity contribution in [2.45, 2.75) is 52.0 Å². The Kier molecular flexibility index (Phi) is 6.71. The van der Waals surface area contributed by atoms with Gasteiger partial charge in [0.25, 0.3) is 0 Å². The zero-order valence-electron chi connectivity index (χ0n) is 11.2. The molecule has 0 radical (unpaired) electrons. The van der Waals surface area contributed by atoms with Crippen LogP contribution in [0.4, 0.5) is 0 Å². The predicted octanol–water partition coefficient (Wildman–Crippen LogP) is 3.94. The summed E-state index contributed by atoms with van der Waals surface area (Å²) >= 11 is 0. The zero-order chi connectivity index (χ0) is 12.5. The Hall–Kier alpha value is -1.02. The van der Waals surface area contributed by atoms with E-state index in [0.29, 0.717) is 6.04 Å². The first-order valence-electron chi connectivity index (χ1n) is 6.62. The summed E-state index contributed by atoms with van der Waals surface area (Å²) in [7, 11) is 0. The Morgan fingerprint density at radius 3 is 2.88 bits per heavy atom. The van der Waals surface area contributed by atoms with E-state index in [-0.39, 0.29) is 0 Å². The highest BCUT2D eigenvalue weighted by atomic mass is 16.3. The van der Waals surface area contributed by atoms with Gasteiger partial charge in [-0.15, -0.1) is 6.58 Å². The number of nitrogens with one attached hydrogen (secondary N) is 1. The average Bonchev–Trinajstić information content (AvgIpc) is 2.80. The number of hydrogen-bond donors (Lipinski definition) is 1. The molecule has 0 bridgehead atoms. The van der Waals surface area contributed by atoms with Crippen LogP contribution in [0.5, 0.6) is 0 Å². The number of aryl methyl sites for hydroxylation is 1. The minimum absolute atomic E-state index is 0.580. The van der Waals surface area contributed by atoms with Gasteiger partial charge in [0.15, 0.2) is 0 Å². The van der Waals surface area contributed by atoms with Crippen molar-refractivity contribution in [2.24, 2.45) is 0 Å². The second-order valence-electron chi connectivity index (χ2n) is 4.76. The van der Waals surface area contributed by atoms with E-state index >= 15 is 0 Å². The Morgan fingerprint density at radius 2 is 2.29 bits per heavy atom. The zero-order valence-corrected chi connectivity index (χ0v) is 11.2. The van der Waals surface area contributed by atoms with Crippen LogP contribution in [0, 0.1) is 0 Å². The molecule has 1 rings (SSSR count). The Balaban J connectivity index is 2.31. The molecule has 0 spiro atoms. The van der Waals surface area contributed by atoms with Crippen LogP contribution in [0.3, 0.4) is 0 Å². The van der Waals surface area contributed by atoms with Gasteiger partial charge in [-0.1, -0.05) is 12.5 Å². The molecule has 1 aromatic rings. The molecule has 1 atom stereocenters. The maximum absolute atomic E-state index is 5.37. The lowest BCUT2D eigenvalue weighted by molar-refractivity contribution is 0.425. The van der Waals surface area contributed by atoms with Gasteiger partial charge in [0, 0.05) is 12.5 Å². The van der Waals surface area contributed by atoms with E-state index in [0.717, 1.165) is 31.6 Å². The largest absolute Gasteiger partial charge is 0.469 e. The number of furan rings is 1. The van der Waals surface area contributed by atoms with Crippen LogP contribution in [0.1, 0.15) is 45.3 Å². The van der Waals surface area contributed by atoms with Crippen LogP contribution in [-0.4, -0.2) is 12.6 Å². The van der Waals surface area contributed by atoms with Crippen molar-refractivity contribution in [3.8, 4) is 0 Å². The van der Waals surface area contributed by atoms with E-state index in [1.807, 2.05) is 6.07 Å². The molecular formula is C15H25NO. The SMILES string of the molecule is C=C(C)CCC(CCc1ccco1)NCCC. The van der Waals surface area contributed by atoms with Crippen molar-refractivity contribution in [1.82, 2.24) is 5.32 Å². The quantitative estimate of drug-likeness (QED) is 0.656. The minimum Gasteiger partial charge on any atom is -0.469 e. The summed E-state index contributed by atoms with van der Waals surface area (Å²) in [6, 6.07) is 4.59. The van der Waals surface area contributed by atoms with Crippen LogP contribution in [0.2, 0.25) is 0 Å². The van der Waals surface area contributed by atoms with E-state index < -0.39 is 0 Å². The van der Waals surface area contributed by atoms with Crippen LogP contribution < -0.4 is 5.32 Å². The van der Waals surface area contributed by atoms with E-state index in [4.69, 9.17) is 4.42 Å². The Bertz CT molecular complexity index is 303. The smallest absolute Gasteiger partial charge is 0.103 e. The summed E-state index contributed by atoms with van der Waals surface area (Å²) in [5.41, 5.74) is 1.27. The third kappa shape index (κ3) is 6.32. The first kappa shape index (κ1) is 14.0. The molecule has 17 heavy (non-hydrogen) atoms. The molecule has 1 N–H and O–H groups in total. The molecule has 2 heteroatoms. The van der Waals surface area contributed by atoms with Crippen LogP contribution in [0.25, 0.3) is 0 Å². The molecule has 2 nitrogen and oxygen atoms in total. The fourth-order valence-corrected chi connectivity index (χ4v) is 1.89. The molecular weight excluding hydrogens is 210 g/mol. The first-order chi connectivity index (χ1) is 8.22. The topological polar surface area (TPSA) is 25.2 Å². The van der Waals surface area contributed by atoms with Gasteiger partial charge in [0.05, 0.1) is 6.26 Å². The van der Waals surface area contributed by atoms with Crippen LogP contribution in [-0.2, 0) is 6.42 Å². The van der Waals surface area contributed by atoms with Gasteiger partial charge in [0.1, 0.15) is 5.76 Å². The summed E-state index contributed by atoms with van der Waals surface area (Å²) in [6.45, 7) is 9.37. The molecule has 0 saturated carbocycles. The molecule has 0 aliphatic rings. The van der Waals surface area contributed by atoms with Gasteiger partial charge >= 0.3 is 0 Å². The third-order valence-corrected chi connectivity index (χ3v) is 2.92. The summed E-state index contributed by atoms with van der Waals surface area (Å²) in [5, 5.41) is 3.60. The van der Waals surface area contributed by atoms with E-state index in [9.17, 15) is 0 Å². The fraction of sp³-hybridized carbons (Fsp3) is 0.600. The third-order valence-electron chi connectivity index (χ3n) is 2.92. The molecule has 0 aromatic carbocycles. The average molecular weight is 235 g/mol. The van der Waals surface area contributed by atoms with Crippen molar-refractivity contribution >= 4 is 0 Å². The van der Waals surface area contributed by atoms with Gasteiger partial charge in [-0.2, -0.15) is 0 Å². The molecule has 1 unspecified atom stereocenters. The van der Waals surface area contributed by atoms with Gasteiger partial charge in [-0.25, -0.2) is 0 Å². The fourth-order valence-electron chi connectivity index (χ4n) is 1.89.